The molecule has 1 spiro atoms. The normalized spacial score (nSPS) is 23.5. The third kappa shape index (κ3) is 18.0. The summed E-state index contributed by atoms with van der Waals surface area (Å²) in [6.45, 7) is 1.50. The summed E-state index contributed by atoms with van der Waals surface area (Å²) in [5.41, 5.74) is 6.03. The number of aromatic hydroxyl groups is 2. The lowest BCUT2D eigenvalue weighted by Gasteiger charge is -2.36. The maximum atomic E-state index is 14.5. The van der Waals surface area contributed by atoms with Gasteiger partial charge < -0.3 is 97.1 Å². The maximum absolute atomic E-state index is 14.5. The molecule has 33 heteroatoms. The zero-order valence-corrected chi connectivity index (χ0v) is 57.3. The SMILES string of the molecule is C[C@@H]1NC(=O)[C@H]([C@@H](C)O)NC(=O)[C@@H]2CCCN2C(=O)[C@H](CCC(=O)O)NC(=O)CN(C(=O)CCCCNC(=S)Nc2ccc3c(c2)C2(OC3=O)c3ccc(O)cc3Oc3cc(O)ccc32)CCCCC=CCN(CC(N)=O)C(=O)[C@H](CCC(=O)O)NC(=O)[C@@H]2CCCN2C(=O)[C@@H]2CCCN2C1=O. The first-order valence-electron chi connectivity index (χ1n) is 34.2. The van der Waals surface area contributed by atoms with E-state index in [-0.39, 0.29) is 118 Å². The molecule has 0 aromatic heterocycles. The number of nitrogens with zero attached hydrogens (tertiary/aromatic N) is 5. The van der Waals surface area contributed by atoms with Crippen LogP contribution in [0.15, 0.2) is 66.7 Å². The van der Waals surface area contributed by atoms with Gasteiger partial charge in [-0.2, -0.15) is 0 Å². The number of esters is 1. The van der Waals surface area contributed by atoms with Gasteiger partial charge in [-0.05, 0) is 152 Å². The third-order valence-corrected chi connectivity index (χ3v) is 19.1. The number of primary amides is 1. The van der Waals surface area contributed by atoms with Crippen LogP contribution in [0.4, 0.5) is 5.69 Å². The molecular formula is C69H86N12O20S. The van der Waals surface area contributed by atoms with E-state index in [1.54, 1.807) is 42.5 Å². The number of nitrogens with two attached hydrogens (primary N) is 1. The number of anilines is 1. The van der Waals surface area contributed by atoms with Crippen molar-refractivity contribution in [2.24, 2.45) is 5.73 Å². The van der Waals surface area contributed by atoms with E-state index >= 15 is 0 Å². The van der Waals surface area contributed by atoms with Crippen molar-refractivity contribution in [3.8, 4) is 23.0 Å². The molecule has 0 bridgehead atoms. The number of fused-ring (bicyclic) bond motifs is 9. The number of carbonyl (C=O) groups is 13. The van der Waals surface area contributed by atoms with Gasteiger partial charge in [0.1, 0.15) is 65.3 Å². The number of aliphatic carboxylic acids is 2. The molecule has 0 radical (unpaired) electrons. The number of nitrogens with one attached hydrogen (secondary N) is 6. The molecule has 32 nitrogen and oxygen atoms in total. The Labute approximate surface area is 592 Å². The van der Waals surface area contributed by atoms with Gasteiger partial charge in [-0.25, -0.2) is 4.79 Å². The van der Waals surface area contributed by atoms with Gasteiger partial charge in [-0.15, -0.1) is 0 Å². The highest BCUT2D eigenvalue weighted by Crippen LogP contribution is 2.57. The number of aliphatic hydroxyl groups is 1. The Kier molecular flexibility index (Phi) is 25.1. The van der Waals surface area contributed by atoms with Crippen LogP contribution in [-0.4, -0.2) is 233 Å². The van der Waals surface area contributed by atoms with Gasteiger partial charge in [0, 0.05) is 93.0 Å². The number of hydrogen-bond donors (Lipinski definition) is 12. The fourth-order valence-electron chi connectivity index (χ4n) is 13.8. The van der Waals surface area contributed by atoms with Gasteiger partial charge in [0.05, 0.1) is 24.8 Å². The number of carbonyl (C=O) groups excluding carboxylic acids is 11. The minimum atomic E-state index is -1.70. The van der Waals surface area contributed by atoms with Crippen LogP contribution in [0.2, 0.25) is 0 Å². The van der Waals surface area contributed by atoms with Crippen LogP contribution in [0.1, 0.15) is 144 Å². The van der Waals surface area contributed by atoms with Crippen LogP contribution in [0, 0.1) is 0 Å². The Bertz CT molecular complexity index is 3760. The molecule has 10 amide bonds. The second-order valence-corrected chi connectivity index (χ2v) is 26.6. The molecular weight excluding hydrogens is 1350 g/mol. The Balaban J connectivity index is 0.905. The summed E-state index contributed by atoms with van der Waals surface area (Å²) in [5, 5.41) is 67.7. The lowest BCUT2D eigenvalue weighted by Crippen LogP contribution is -2.61. The summed E-state index contributed by atoms with van der Waals surface area (Å²) in [4.78, 5) is 184. The number of carboxylic acid groups (broad SMARTS) is 2. The van der Waals surface area contributed by atoms with Crippen LogP contribution in [0.3, 0.4) is 0 Å². The van der Waals surface area contributed by atoms with Crippen LogP contribution >= 0.6 is 12.2 Å². The molecule has 0 saturated carbocycles. The second kappa shape index (κ2) is 33.8. The number of amides is 10. The van der Waals surface area contributed by atoms with Gasteiger partial charge in [0.25, 0.3) is 0 Å². The molecule has 0 unspecified atom stereocenters. The highest BCUT2D eigenvalue weighted by molar-refractivity contribution is 7.80. The lowest BCUT2D eigenvalue weighted by atomic mass is 9.77. The smallest absolute Gasteiger partial charge is 0.340 e. The van der Waals surface area contributed by atoms with Crippen molar-refractivity contribution in [1.82, 2.24) is 51.1 Å². The molecule has 6 aliphatic rings. The third-order valence-electron chi connectivity index (χ3n) is 18.9. The van der Waals surface area contributed by atoms with E-state index in [0.29, 0.717) is 54.5 Å². The van der Waals surface area contributed by atoms with E-state index in [0.717, 1.165) is 9.80 Å². The number of ether oxygens (including phenoxy) is 2. The van der Waals surface area contributed by atoms with E-state index in [1.165, 1.54) is 52.8 Å². The minimum absolute atomic E-state index is 0.00651. The molecule has 13 N–H and O–H groups in total. The van der Waals surface area contributed by atoms with Crippen molar-refractivity contribution in [3.05, 3.63) is 89.0 Å². The number of aliphatic hydroxyl groups excluding tert-OH is 1. The molecule has 3 aromatic carbocycles. The Morgan fingerprint density at radius 1 is 0.657 bits per heavy atom. The fraction of sp³-hybridized carbons (Fsp3) is 0.507. The molecule has 3 fully saturated rings. The molecule has 0 aliphatic carbocycles. The number of hydrogen-bond acceptors (Lipinski definition) is 19. The van der Waals surface area contributed by atoms with Crippen molar-refractivity contribution in [3.63, 3.8) is 0 Å². The van der Waals surface area contributed by atoms with E-state index in [9.17, 15) is 87.9 Å². The lowest BCUT2D eigenvalue weighted by molar-refractivity contribution is -0.148. The topological polar surface area (TPSA) is 456 Å². The van der Waals surface area contributed by atoms with E-state index in [1.807, 2.05) is 0 Å². The van der Waals surface area contributed by atoms with Crippen LogP contribution in [0.25, 0.3) is 0 Å². The van der Waals surface area contributed by atoms with Crippen LogP contribution in [0.5, 0.6) is 23.0 Å². The molecule has 6 aliphatic heterocycles. The standard InChI is InChI=1S/C69H86N12O20S/c1-38-63(95)81-32-12-15-51(81)66(98)80-31-11-13-49(80)60(92)75-47(23-25-57(88)89)64(96)78(36-54(70)85)29-9-5-3-4-8-28-77(37-55(86)74-48(24-26-58(90)91)65(97)79-30-10-14-50(79)61(93)76-59(39(2)82)62(94)72-38)56(87)16-6-7-27-71-68(102)73-40-17-20-43-46(33-40)69(101-67(43)99)44-21-18-41(83)34-52(44)100-53-35-42(84)19-22-45(53)69/h5,9,17-22,33-35,38-39,47-51,59,82-84H,3-4,6-8,10-16,23-32,36-37H2,1-2H3,(H2,70,85)(H,72,94)(H,74,86)(H,75,92)(H,76,93)(H,88,89)(H,90,91)(H2,71,73,102)/t38-,39+,47-,48-,49-,50-,51-,59-/m0/s1. The van der Waals surface area contributed by atoms with Crippen molar-refractivity contribution in [2.45, 2.75) is 171 Å². The Morgan fingerprint density at radius 2 is 1.25 bits per heavy atom. The number of phenols is 2. The summed E-state index contributed by atoms with van der Waals surface area (Å²) in [5.74, 6) is -10.9. The highest BCUT2D eigenvalue weighted by atomic mass is 32.1. The summed E-state index contributed by atoms with van der Waals surface area (Å²) in [7, 11) is 0. The van der Waals surface area contributed by atoms with Gasteiger partial charge >= 0.3 is 17.9 Å². The number of benzene rings is 3. The van der Waals surface area contributed by atoms with Crippen molar-refractivity contribution in [2.75, 3.05) is 57.7 Å². The van der Waals surface area contributed by atoms with Crippen molar-refractivity contribution in [1.29, 1.82) is 0 Å². The first-order chi connectivity index (χ1) is 48.6. The van der Waals surface area contributed by atoms with E-state index in [2.05, 4.69) is 31.9 Å². The number of phenolic OH excluding ortho intramolecular Hbond substituents is 2. The quantitative estimate of drug-likeness (QED) is 0.0438. The molecule has 102 heavy (non-hydrogen) atoms. The van der Waals surface area contributed by atoms with Crippen LogP contribution in [-0.2, 0) is 67.9 Å². The second-order valence-electron chi connectivity index (χ2n) is 26.2. The molecule has 3 saturated heterocycles. The van der Waals surface area contributed by atoms with Gasteiger partial charge in [0.15, 0.2) is 10.7 Å². The Morgan fingerprint density at radius 3 is 1.85 bits per heavy atom. The predicted molar refractivity (Wildman–Crippen MR) is 364 cm³/mol. The average molecular weight is 1440 g/mol. The number of allylic oxidation sites excluding steroid dienone is 1. The average Bonchev–Trinajstić information content (AvgIpc) is 1.48. The molecule has 9 rings (SSSR count). The first kappa shape index (κ1) is 75.8. The minimum Gasteiger partial charge on any atom is -0.508 e. The monoisotopic (exact) mass is 1430 g/mol. The van der Waals surface area contributed by atoms with Gasteiger partial charge in [-0.1, -0.05) is 12.2 Å². The Hall–Kier alpha value is -10.4. The van der Waals surface area contributed by atoms with E-state index in [4.69, 9.17) is 27.4 Å². The van der Waals surface area contributed by atoms with E-state index < -0.39 is 170 Å². The first-order valence-corrected chi connectivity index (χ1v) is 34.6. The molecule has 8 atom stereocenters. The van der Waals surface area contributed by atoms with Crippen molar-refractivity contribution >= 4 is 100.0 Å². The van der Waals surface area contributed by atoms with Crippen molar-refractivity contribution < 1.29 is 97.3 Å². The number of unbranched alkanes of at least 4 members (excludes halogenated alkanes) is 1. The summed E-state index contributed by atoms with van der Waals surface area (Å²) in [6, 6.07) is 4.12. The molecule has 6 heterocycles. The van der Waals surface area contributed by atoms with Gasteiger partial charge in [-0.3, -0.25) is 57.5 Å². The fourth-order valence-corrected chi connectivity index (χ4v) is 14.0. The molecule has 3 aromatic rings. The maximum Gasteiger partial charge on any atom is 0.340 e. The highest BCUT2D eigenvalue weighted by Gasteiger charge is 2.54. The summed E-state index contributed by atoms with van der Waals surface area (Å²) < 4.78 is 12.2. The number of rotatable bonds is 15. The van der Waals surface area contributed by atoms with Gasteiger partial charge in [0.2, 0.25) is 59.1 Å². The molecule has 548 valence electrons. The van der Waals surface area contributed by atoms with Crippen LogP contribution < -0.4 is 42.4 Å². The summed E-state index contributed by atoms with van der Waals surface area (Å²) in [6.07, 6.45) is 2.59. The predicted octanol–water partition coefficient (Wildman–Crippen LogP) is 1.05. The number of carboxylic acids is 2. The number of thiocarbonyl (C=S) groups is 1. The largest absolute Gasteiger partial charge is 0.508 e. The zero-order chi connectivity index (χ0) is 73.7. The zero-order valence-electron chi connectivity index (χ0n) is 56.5. The summed E-state index contributed by atoms with van der Waals surface area (Å²) >= 11 is 5.67.